The lowest BCUT2D eigenvalue weighted by Crippen LogP contribution is -1.83. The van der Waals surface area contributed by atoms with Gasteiger partial charge in [-0.1, -0.05) is 6.07 Å². The molecule has 0 unspecified atom stereocenters. The fourth-order valence-corrected chi connectivity index (χ4v) is 0.589. The van der Waals surface area contributed by atoms with Crippen LogP contribution in [0.1, 0.15) is 12.6 Å². The fourth-order valence-electron chi connectivity index (χ4n) is 0.589. The molecule has 0 aromatic carbocycles. The third-order valence-electron chi connectivity index (χ3n) is 1.03. The summed E-state index contributed by atoms with van der Waals surface area (Å²) < 4.78 is 0. The molecule has 1 heterocycles. The maximum atomic E-state index is 10.4. The number of carbonyl (C=O) groups excluding carboxylic acids is 1. The first-order valence-corrected chi connectivity index (χ1v) is 3.22. The molecule has 0 aliphatic heterocycles. The van der Waals surface area contributed by atoms with Crippen LogP contribution in [0.25, 0.3) is 0 Å². The van der Waals surface area contributed by atoms with E-state index >= 15 is 0 Å². The van der Waals surface area contributed by atoms with E-state index < -0.39 is 0 Å². The highest BCUT2D eigenvalue weighted by atomic mass is 16.1. The summed E-state index contributed by atoms with van der Waals surface area (Å²) >= 11 is 0. The molecule has 2 heteroatoms. The van der Waals surface area contributed by atoms with E-state index in [0.29, 0.717) is 5.69 Å². The Morgan fingerprint density at radius 2 is 2.36 bits per heavy atom. The largest absolute Gasteiger partial charge is 0.285 e. The van der Waals surface area contributed by atoms with E-state index in [9.17, 15) is 4.79 Å². The Morgan fingerprint density at radius 3 is 2.91 bits per heavy atom. The van der Waals surface area contributed by atoms with Crippen molar-refractivity contribution in [2.45, 2.75) is 6.92 Å². The smallest absolute Gasteiger partial charge is 0.202 e. The molecule has 0 saturated carbocycles. The van der Waals surface area contributed by atoms with Crippen molar-refractivity contribution in [1.29, 1.82) is 0 Å². The molecular formula is C9H7NO. The standard InChI is InChI=1S/C9H7NO/c1-8(11)5-6-9-4-2-3-7-10-9/h2-4,7H,1H3. The van der Waals surface area contributed by atoms with Gasteiger partial charge in [0.1, 0.15) is 5.69 Å². The van der Waals surface area contributed by atoms with Gasteiger partial charge in [-0.2, -0.15) is 0 Å². The predicted octanol–water partition coefficient (Wildman–Crippen LogP) is 1.02. The summed E-state index contributed by atoms with van der Waals surface area (Å²) in [5, 5.41) is 0. The second-order valence-corrected chi connectivity index (χ2v) is 2.02. The average molecular weight is 145 g/mol. The number of Topliss-reactive ketones (excluding diaryl/α,β-unsaturated/α-hetero) is 1. The number of aromatic nitrogens is 1. The van der Waals surface area contributed by atoms with Crippen molar-refractivity contribution in [2.75, 3.05) is 0 Å². The molecule has 1 rings (SSSR count). The zero-order valence-corrected chi connectivity index (χ0v) is 6.16. The van der Waals surface area contributed by atoms with Crippen LogP contribution in [0, 0.1) is 11.8 Å². The van der Waals surface area contributed by atoms with E-state index in [1.165, 1.54) is 6.92 Å². The second-order valence-electron chi connectivity index (χ2n) is 2.02. The van der Waals surface area contributed by atoms with Gasteiger partial charge in [0.25, 0.3) is 0 Å². The van der Waals surface area contributed by atoms with E-state index in [2.05, 4.69) is 16.8 Å². The molecule has 54 valence electrons. The zero-order chi connectivity index (χ0) is 8.10. The van der Waals surface area contributed by atoms with Crippen LogP contribution in [0.5, 0.6) is 0 Å². The minimum Gasteiger partial charge on any atom is -0.285 e. The molecule has 0 bridgehead atoms. The minimum atomic E-state index is -0.143. The molecule has 0 aliphatic carbocycles. The number of nitrogens with zero attached hydrogens (tertiary/aromatic N) is 1. The van der Waals surface area contributed by atoms with Gasteiger partial charge >= 0.3 is 0 Å². The van der Waals surface area contributed by atoms with Crippen LogP contribution in [-0.2, 0) is 4.79 Å². The highest BCUT2D eigenvalue weighted by Crippen LogP contribution is 1.88. The summed E-state index contributed by atoms with van der Waals surface area (Å²) in [6.07, 6.45) is 1.64. The number of carbonyl (C=O) groups is 1. The van der Waals surface area contributed by atoms with E-state index in [0.717, 1.165) is 0 Å². The van der Waals surface area contributed by atoms with Crippen molar-refractivity contribution >= 4 is 5.78 Å². The van der Waals surface area contributed by atoms with Crippen LogP contribution in [0.15, 0.2) is 24.4 Å². The van der Waals surface area contributed by atoms with Crippen molar-refractivity contribution in [3.8, 4) is 11.8 Å². The molecule has 0 aliphatic rings. The molecule has 0 fully saturated rings. The normalized spacial score (nSPS) is 8.09. The Bertz CT molecular complexity index is 305. The third kappa shape index (κ3) is 2.63. The minimum absolute atomic E-state index is 0.143. The van der Waals surface area contributed by atoms with E-state index in [1.54, 1.807) is 18.3 Å². The van der Waals surface area contributed by atoms with E-state index in [4.69, 9.17) is 0 Å². The summed E-state index contributed by atoms with van der Waals surface area (Å²) in [7, 11) is 0. The molecule has 11 heavy (non-hydrogen) atoms. The predicted molar refractivity (Wildman–Crippen MR) is 41.8 cm³/mol. The van der Waals surface area contributed by atoms with Gasteiger partial charge in [0.05, 0.1) is 0 Å². The Morgan fingerprint density at radius 1 is 1.55 bits per heavy atom. The molecule has 0 atom stereocenters. The van der Waals surface area contributed by atoms with Gasteiger partial charge in [-0.25, -0.2) is 4.98 Å². The number of pyridine rings is 1. The number of rotatable bonds is 0. The number of ketones is 1. The fraction of sp³-hybridized carbons (Fsp3) is 0.111. The van der Waals surface area contributed by atoms with Crippen LogP contribution in [0.4, 0.5) is 0 Å². The Hall–Kier alpha value is -1.62. The monoisotopic (exact) mass is 145 g/mol. The SMILES string of the molecule is CC(=O)C#Cc1ccccn1. The molecule has 0 amide bonds. The number of hydrogen-bond acceptors (Lipinski definition) is 2. The summed E-state index contributed by atoms with van der Waals surface area (Å²) in [5.41, 5.74) is 0.628. The summed E-state index contributed by atoms with van der Waals surface area (Å²) in [6, 6.07) is 5.39. The van der Waals surface area contributed by atoms with Crippen molar-refractivity contribution in [3.05, 3.63) is 30.1 Å². The van der Waals surface area contributed by atoms with E-state index in [-0.39, 0.29) is 5.78 Å². The lowest BCUT2D eigenvalue weighted by Gasteiger charge is -1.83. The van der Waals surface area contributed by atoms with Gasteiger partial charge in [-0.15, -0.1) is 0 Å². The molecule has 1 aromatic heterocycles. The maximum Gasteiger partial charge on any atom is 0.202 e. The van der Waals surface area contributed by atoms with Crippen molar-refractivity contribution < 1.29 is 4.79 Å². The van der Waals surface area contributed by atoms with Crippen molar-refractivity contribution in [3.63, 3.8) is 0 Å². The maximum absolute atomic E-state index is 10.4. The van der Waals surface area contributed by atoms with Crippen LogP contribution in [0.3, 0.4) is 0 Å². The lowest BCUT2D eigenvalue weighted by atomic mass is 10.3. The highest BCUT2D eigenvalue weighted by molar-refractivity contribution is 5.93. The van der Waals surface area contributed by atoms with Gasteiger partial charge < -0.3 is 0 Å². The number of hydrogen-bond donors (Lipinski definition) is 0. The first-order chi connectivity index (χ1) is 5.29. The highest BCUT2D eigenvalue weighted by Gasteiger charge is 1.83. The topological polar surface area (TPSA) is 30.0 Å². The van der Waals surface area contributed by atoms with Crippen LogP contribution >= 0.6 is 0 Å². The van der Waals surface area contributed by atoms with Crippen LogP contribution < -0.4 is 0 Å². The summed E-state index contributed by atoms with van der Waals surface area (Å²) in [6.45, 7) is 1.43. The quantitative estimate of drug-likeness (QED) is 0.510. The van der Waals surface area contributed by atoms with Gasteiger partial charge in [-0.05, 0) is 24.0 Å². The van der Waals surface area contributed by atoms with Crippen LogP contribution in [0.2, 0.25) is 0 Å². The first-order valence-electron chi connectivity index (χ1n) is 3.22. The van der Waals surface area contributed by atoms with Crippen molar-refractivity contribution in [1.82, 2.24) is 4.98 Å². The third-order valence-corrected chi connectivity index (χ3v) is 1.03. The molecule has 2 nitrogen and oxygen atoms in total. The molecule has 0 N–H and O–H groups in total. The Labute approximate surface area is 65.3 Å². The van der Waals surface area contributed by atoms with Crippen LogP contribution in [-0.4, -0.2) is 10.8 Å². The van der Waals surface area contributed by atoms with Gasteiger partial charge in [0.15, 0.2) is 0 Å². The molecular weight excluding hydrogens is 138 g/mol. The lowest BCUT2D eigenvalue weighted by molar-refractivity contribution is -0.111. The molecule has 0 spiro atoms. The molecule has 0 radical (unpaired) electrons. The summed E-state index contributed by atoms with van der Waals surface area (Å²) in [4.78, 5) is 14.3. The Kier molecular flexibility index (Phi) is 2.40. The van der Waals surface area contributed by atoms with Crippen molar-refractivity contribution in [2.24, 2.45) is 0 Å². The molecule has 0 saturated heterocycles. The van der Waals surface area contributed by atoms with Gasteiger partial charge in [0.2, 0.25) is 5.78 Å². The molecule has 1 aromatic rings. The zero-order valence-electron chi connectivity index (χ0n) is 6.16. The first kappa shape index (κ1) is 7.49. The van der Waals surface area contributed by atoms with E-state index in [1.807, 2.05) is 6.07 Å². The Balaban J connectivity index is 2.83. The average Bonchev–Trinajstić information content (AvgIpc) is 2.03. The van der Waals surface area contributed by atoms with Gasteiger partial charge in [0, 0.05) is 13.1 Å². The second kappa shape index (κ2) is 3.52. The summed E-state index contributed by atoms with van der Waals surface area (Å²) in [5.74, 6) is 4.90. The van der Waals surface area contributed by atoms with Gasteiger partial charge in [-0.3, -0.25) is 4.79 Å².